The molecule has 0 bridgehead atoms. The predicted octanol–water partition coefficient (Wildman–Crippen LogP) is 3.04. The van der Waals surface area contributed by atoms with Gasteiger partial charge in [0.1, 0.15) is 10.5 Å². The summed E-state index contributed by atoms with van der Waals surface area (Å²) in [6.07, 6.45) is -1.23. The summed E-state index contributed by atoms with van der Waals surface area (Å²) in [5.74, 6) is -0.811. The second-order valence-electron chi connectivity index (χ2n) is 7.20. The summed E-state index contributed by atoms with van der Waals surface area (Å²) in [5.41, 5.74) is -0.711. The number of fused-ring (bicyclic) bond motifs is 1. The Morgan fingerprint density at radius 1 is 1.03 bits per heavy atom. The fourth-order valence-electron chi connectivity index (χ4n) is 3.59. The Morgan fingerprint density at radius 2 is 1.72 bits per heavy atom. The van der Waals surface area contributed by atoms with Crippen molar-refractivity contribution in [2.24, 2.45) is 0 Å². The number of hydrogen-bond acceptors (Lipinski definition) is 4. The van der Waals surface area contributed by atoms with Crippen molar-refractivity contribution in [1.29, 1.82) is 0 Å². The Kier molecular flexibility index (Phi) is 5.78. The molecule has 0 radical (unpaired) electrons. The van der Waals surface area contributed by atoms with E-state index in [0.717, 1.165) is 0 Å². The second-order valence-corrected chi connectivity index (χ2v) is 9.11. The van der Waals surface area contributed by atoms with Gasteiger partial charge in [0.2, 0.25) is 15.9 Å². The van der Waals surface area contributed by atoms with Crippen LogP contribution in [0, 0.1) is 0 Å². The number of nitrogens with zero attached hydrogens (tertiary/aromatic N) is 3. The molecule has 1 N–H and O–H groups in total. The number of aromatic amines is 1. The average molecular weight is 464 g/mol. The maximum atomic E-state index is 13.5. The summed E-state index contributed by atoms with van der Waals surface area (Å²) in [6, 6.07) is 10.3. The molecule has 32 heavy (non-hydrogen) atoms. The summed E-state index contributed by atoms with van der Waals surface area (Å²) in [5, 5.41) is 0.451. The largest absolute Gasteiger partial charge is 0.417 e. The molecule has 0 atom stereocenters. The van der Waals surface area contributed by atoms with Crippen LogP contribution < -0.4 is 0 Å². The molecule has 1 amide bonds. The minimum absolute atomic E-state index is 0.0188. The maximum absolute atomic E-state index is 13.5. The topological polar surface area (TPSA) is 86.4 Å². The van der Waals surface area contributed by atoms with E-state index in [1.54, 1.807) is 18.2 Å². The first-order valence-electron chi connectivity index (χ1n) is 9.73. The summed E-state index contributed by atoms with van der Waals surface area (Å²) >= 11 is 0. The lowest BCUT2D eigenvalue weighted by Crippen LogP contribution is -2.50. The van der Waals surface area contributed by atoms with Crippen molar-refractivity contribution in [3.63, 3.8) is 0 Å². The van der Waals surface area contributed by atoms with Crippen LogP contribution in [0.4, 0.5) is 13.2 Å². The smallest absolute Gasteiger partial charge is 0.345 e. The van der Waals surface area contributed by atoms with Gasteiger partial charge in [-0.3, -0.25) is 4.79 Å². The van der Waals surface area contributed by atoms with E-state index in [9.17, 15) is 26.4 Å². The number of nitrogens with one attached hydrogen (secondary N) is 1. The van der Waals surface area contributed by atoms with Gasteiger partial charge in [-0.15, -0.1) is 0 Å². The lowest BCUT2D eigenvalue weighted by molar-refractivity contribution is -0.127. The van der Waals surface area contributed by atoms with E-state index in [2.05, 4.69) is 9.97 Å². The molecule has 0 spiro atoms. The zero-order chi connectivity index (χ0) is 22.9. The third-order valence-corrected chi connectivity index (χ3v) is 7.18. The number of rotatable bonds is 4. The molecule has 1 aliphatic heterocycles. The molecule has 0 unspecified atom stereocenters. The molecule has 3 aromatic rings. The summed E-state index contributed by atoms with van der Waals surface area (Å²) in [4.78, 5) is 20.7. The first-order chi connectivity index (χ1) is 15.2. The van der Waals surface area contributed by atoms with Gasteiger partial charge in [0.25, 0.3) is 0 Å². The van der Waals surface area contributed by atoms with Gasteiger partial charge in [-0.2, -0.15) is 17.5 Å². The minimum atomic E-state index is -4.70. The van der Waals surface area contributed by atoms with Gasteiger partial charge in [-0.25, -0.2) is 13.4 Å². The third-order valence-electron chi connectivity index (χ3n) is 5.24. The highest BCUT2D eigenvalue weighted by molar-refractivity contribution is 7.89. The standard InChI is InChI=1S/C21H19F3N4O3S/c22-21(23,24)17(15-5-2-1-3-6-15)13-19(29)27-9-11-28(12-10-27)32(30,31)18-14-26-20-16(18)7-4-8-25-20/h1-8,13-14H,9-12H2,(H,25,26)/b17-13+. The van der Waals surface area contributed by atoms with Crippen molar-refractivity contribution in [2.45, 2.75) is 11.1 Å². The van der Waals surface area contributed by atoms with Crippen molar-refractivity contribution in [3.8, 4) is 0 Å². The molecule has 1 fully saturated rings. The number of amides is 1. The highest BCUT2D eigenvalue weighted by atomic mass is 32.2. The van der Waals surface area contributed by atoms with Crippen LogP contribution in [0.1, 0.15) is 5.56 Å². The zero-order valence-corrected chi connectivity index (χ0v) is 17.5. The van der Waals surface area contributed by atoms with Crippen molar-refractivity contribution in [2.75, 3.05) is 26.2 Å². The molecule has 1 aliphatic rings. The fraction of sp³-hybridized carbons (Fsp3) is 0.238. The molecule has 1 saturated heterocycles. The molecular weight excluding hydrogens is 445 g/mol. The van der Waals surface area contributed by atoms with E-state index >= 15 is 0 Å². The normalized spacial score (nSPS) is 16.5. The van der Waals surface area contributed by atoms with Crippen LogP contribution in [-0.4, -0.2) is 65.9 Å². The van der Waals surface area contributed by atoms with Crippen LogP contribution >= 0.6 is 0 Å². The van der Waals surface area contributed by atoms with Crippen LogP contribution in [0.25, 0.3) is 16.6 Å². The lowest BCUT2D eigenvalue weighted by atomic mass is 10.0. The number of benzene rings is 1. The lowest BCUT2D eigenvalue weighted by Gasteiger charge is -2.33. The number of H-pyrrole nitrogens is 1. The first kappa shape index (κ1) is 22.0. The Labute approximate surface area is 182 Å². The monoisotopic (exact) mass is 464 g/mol. The zero-order valence-electron chi connectivity index (χ0n) is 16.7. The van der Waals surface area contributed by atoms with Gasteiger partial charge in [-0.1, -0.05) is 30.3 Å². The molecule has 168 valence electrons. The Morgan fingerprint density at radius 3 is 2.38 bits per heavy atom. The van der Waals surface area contributed by atoms with Gasteiger partial charge < -0.3 is 9.88 Å². The van der Waals surface area contributed by atoms with Crippen LogP contribution in [0.2, 0.25) is 0 Å². The number of aromatic nitrogens is 2. The average Bonchev–Trinajstić information content (AvgIpc) is 3.22. The molecule has 7 nitrogen and oxygen atoms in total. The van der Waals surface area contributed by atoms with E-state index in [1.165, 1.54) is 45.9 Å². The fourth-order valence-corrected chi connectivity index (χ4v) is 5.17. The van der Waals surface area contributed by atoms with E-state index in [1.807, 2.05) is 0 Å². The number of halogens is 3. The molecule has 11 heteroatoms. The summed E-state index contributed by atoms with van der Waals surface area (Å²) in [6.45, 7) is -0.0900. The Hall–Kier alpha value is -3.18. The number of alkyl halides is 3. The minimum Gasteiger partial charge on any atom is -0.345 e. The van der Waals surface area contributed by atoms with Crippen LogP contribution in [-0.2, 0) is 14.8 Å². The van der Waals surface area contributed by atoms with Crippen molar-refractivity contribution in [1.82, 2.24) is 19.2 Å². The van der Waals surface area contributed by atoms with Gasteiger partial charge >= 0.3 is 6.18 Å². The molecule has 3 heterocycles. The number of sulfonamides is 1. The first-order valence-corrected chi connectivity index (χ1v) is 11.2. The summed E-state index contributed by atoms with van der Waals surface area (Å²) in [7, 11) is -3.85. The predicted molar refractivity (Wildman–Crippen MR) is 112 cm³/mol. The summed E-state index contributed by atoms with van der Waals surface area (Å²) < 4.78 is 67.8. The van der Waals surface area contributed by atoms with Gasteiger partial charge in [0, 0.05) is 50.0 Å². The van der Waals surface area contributed by atoms with Crippen molar-refractivity contribution >= 4 is 32.5 Å². The number of hydrogen-bond donors (Lipinski definition) is 1. The van der Waals surface area contributed by atoms with E-state index < -0.39 is 27.7 Å². The second kappa shape index (κ2) is 8.40. The number of carbonyl (C=O) groups is 1. The van der Waals surface area contributed by atoms with Crippen LogP contribution in [0.3, 0.4) is 0 Å². The number of piperazine rings is 1. The highest BCUT2D eigenvalue weighted by Crippen LogP contribution is 2.34. The molecule has 0 aliphatic carbocycles. The molecular formula is C21H19F3N4O3S. The molecule has 0 saturated carbocycles. The van der Waals surface area contributed by atoms with E-state index in [4.69, 9.17) is 0 Å². The maximum Gasteiger partial charge on any atom is 0.417 e. The van der Waals surface area contributed by atoms with Crippen molar-refractivity contribution < 1.29 is 26.4 Å². The third kappa shape index (κ3) is 4.26. The number of carbonyl (C=O) groups excluding carboxylic acids is 1. The molecule has 1 aromatic carbocycles. The van der Waals surface area contributed by atoms with E-state index in [-0.39, 0.29) is 36.6 Å². The number of pyridine rings is 1. The molecule has 4 rings (SSSR count). The van der Waals surface area contributed by atoms with Crippen molar-refractivity contribution in [3.05, 3.63) is 66.5 Å². The van der Waals surface area contributed by atoms with Crippen LogP contribution in [0.5, 0.6) is 0 Å². The van der Waals surface area contributed by atoms with Gasteiger partial charge in [0.05, 0.1) is 5.57 Å². The molecule has 2 aromatic heterocycles. The Balaban J connectivity index is 1.50. The van der Waals surface area contributed by atoms with Gasteiger partial charge in [-0.05, 0) is 17.7 Å². The van der Waals surface area contributed by atoms with Crippen LogP contribution in [0.15, 0.2) is 65.8 Å². The SMILES string of the molecule is O=C(/C=C(\c1ccccc1)C(F)(F)F)N1CCN(S(=O)(=O)c2c[nH]c3ncccc23)CC1. The number of allylic oxidation sites excluding steroid dienone is 1. The highest BCUT2D eigenvalue weighted by Gasteiger charge is 2.37. The van der Waals surface area contributed by atoms with Gasteiger partial charge in [0.15, 0.2) is 0 Å². The quantitative estimate of drug-likeness (QED) is 0.602. The Bertz CT molecular complexity index is 1260. The van der Waals surface area contributed by atoms with E-state index in [0.29, 0.717) is 17.1 Å².